The molecular formula is C24H21ClN4O2S. The fourth-order valence-electron chi connectivity index (χ4n) is 3.86. The molecule has 0 spiro atoms. The number of furan rings is 1. The fourth-order valence-corrected chi connectivity index (χ4v) is 5.30. The van der Waals surface area contributed by atoms with Gasteiger partial charge in [0.2, 0.25) is 0 Å². The number of halogens is 1. The Morgan fingerprint density at radius 1 is 1.16 bits per heavy atom. The van der Waals surface area contributed by atoms with Crippen molar-refractivity contribution in [3.05, 3.63) is 76.3 Å². The van der Waals surface area contributed by atoms with Gasteiger partial charge in [0, 0.05) is 22.6 Å². The number of thiazole rings is 1. The van der Waals surface area contributed by atoms with Crippen molar-refractivity contribution in [2.24, 2.45) is 0 Å². The molecule has 5 rings (SSSR count). The molecule has 0 radical (unpaired) electrons. The molecule has 32 heavy (non-hydrogen) atoms. The van der Waals surface area contributed by atoms with E-state index < -0.39 is 0 Å². The normalized spacial score (nSPS) is 11.5. The van der Waals surface area contributed by atoms with E-state index in [4.69, 9.17) is 21.0 Å². The number of benzene rings is 2. The minimum absolute atomic E-state index is 0.231. The van der Waals surface area contributed by atoms with Crippen molar-refractivity contribution in [3.8, 4) is 0 Å². The lowest BCUT2D eigenvalue weighted by Gasteiger charge is -2.19. The minimum atomic E-state index is -0.231. The number of hydrogen-bond acceptors (Lipinski definition) is 5. The summed E-state index contributed by atoms with van der Waals surface area (Å²) < 4.78 is 8.72. The standard InChI is InChI=1S/C24H21ClN4O2S/c1-14-10-18(25)13-21-22(14)26-24(32-21)28(8-9-29-16(3)11-15(2)27-29)23(30)20-12-17-6-4-5-7-19(17)31-20/h4-7,10-13H,8-9H2,1-3H3. The van der Waals surface area contributed by atoms with Gasteiger partial charge in [-0.3, -0.25) is 14.4 Å². The third kappa shape index (κ3) is 3.78. The van der Waals surface area contributed by atoms with Gasteiger partial charge in [-0.15, -0.1) is 0 Å². The first-order valence-electron chi connectivity index (χ1n) is 10.3. The SMILES string of the molecule is Cc1cc(C)n(CCN(C(=O)c2cc3ccccc3o2)c2nc3c(C)cc(Cl)cc3s2)n1. The number of amides is 1. The van der Waals surface area contributed by atoms with E-state index in [1.807, 2.05) is 67.9 Å². The number of aryl methyl sites for hydroxylation is 3. The van der Waals surface area contributed by atoms with Crippen molar-refractivity contribution >= 4 is 55.2 Å². The van der Waals surface area contributed by atoms with Gasteiger partial charge in [0.05, 0.1) is 22.5 Å². The summed E-state index contributed by atoms with van der Waals surface area (Å²) in [5, 5.41) is 6.69. The predicted molar refractivity (Wildman–Crippen MR) is 129 cm³/mol. The molecule has 0 atom stereocenters. The highest BCUT2D eigenvalue weighted by Gasteiger charge is 2.25. The van der Waals surface area contributed by atoms with Gasteiger partial charge in [-0.25, -0.2) is 4.98 Å². The van der Waals surface area contributed by atoms with Crippen LogP contribution in [0.3, 0.4) is 0 Å². The van der Waals surface area contributed by atoms with Crippen LogP contribution in [0.15, 0.2) is 52.9 Å². The molecular weight excluding hydrogens is 444 g/mol. The van der Waals surface area contributed by atoms with Gasteiger partial charge < -0.3 is 4.42 Å². The van der Waals surface area contributed by atoms with E-state index in [0.717, 1.165) is 32.6 Å². The van der Waals surface area contributed by atoms with Crippen LogP contribution >= 0.6 is 22.9 Å². The van der Waals surface area contributed by atoms with Gasteiger partial charge in [-0.1, -0.05) is 41.1 Å². The second kappa shape index (κ2) is 8.07. The summed E-state index contributed by atoms with van der Waals surface area (Å²) in [5.41, 5.74) is 4.50. The Balaban J connectivity index is 1.55. The molecule has 0 fully saturated rings. The molecule has 1 amide bonds. The molecule has 3 heterocycles. The molecule has 8 heteroatoms. The number of aromatic nitrogens is 3. The quantitative estimate of drug-likeness (QED) is 0.312. The summed E-state index contributed by atoms with van der Waals surface area (Å²) in [7, 11) is 0. The molecule has 0 saturated carbocycles. The highest BCUT2D eigenvalue weighted by Crippen LogP contribution is 2.34. The smallest absolute Gasteiger partial charge is 0.295 e. The van der Waals surface area contributed by atoms with Crippen LogP contribution in [0.5, 0.6) is 0 Å². The minimum Gasteiger partial charge on any atom is -0.451 e. The van der Waals surface area contributed by atoms with Crippen LogP contribution in [0.25, 0.3) is 21.2 Å². The molecule has 0 unspecified atom stereocenters. The number of carbonyl (C=O) groups is 1. The number of rotatable bonds is 5. The molecule has 0 aliphatic carbocycles. The second-order valence-electron chi connectivity index (χ2n) is 7.82. The van der Waals surface area contributed by atoms with Crippen molar-refractivity contribution in [2.75, 3.05) is 11.4 Å². The lowest BCUT2D eigenvalue weighted by molar-refractivity contribution is 0.0961. The van der Waals surface area contributed by atoms with E-state index in [9.17, 15) is 4.79 Å². The van der Waals surface area contributed by atoms with Crippen molar-refractivity contribution in [2.45, 2.75) is 27.3 Å². The molecule has 0 saturated heterocycles. The molecule has 0 N–H and O–H groups in total. The average molecular weight is 465 g/mol. The van der Waals surface area contributed by atoms with E-state index in [2.05, 4.69) is 5.10 Å². The van der Waals surface area contributed by atoms with Crippen LogP contribution in [0.2, 0.25) is 5.02 Å². The number of nitrogens with zero attached hydrogens (tertiary/aromatic N) is 4. The highest BCUT2D eigenvalue weighted by molar-refractivity contribution is 7.22. The van der Waals surface area contributed by atoms with Crippen LogP contribution in [-0.2, 0) is 6.54 Å². The number of carbonyl (C=O) groups excluding carboxylic acids is 1. The number of anilines is 1. The summed E-state index contributed by atoms with van der Waals surface area (Å²) in [5.74, 6) is 0.0547. The maximum Gasteiger partial charge on any atom is 0.295 e. The summed E-state index contributed by atoms with van der Waals surface area (Å²) in [6, 6.07) is 15.2. The van der Waals surface area contributed by atoms with Crippen molar-refractivity contribution in [1.82, 2.24) is 14.8 Å². The van der Waals surface area contributed by atoms with Crippen molar-refractivity contribution in [1.29, 1.82) is 0 Å². The Bertz CT molecular complexity index is 1430. The van der Waals surface area contributed by atoms with Crippen LogP contribution in [0, 0.1) is 20.8 Å². The van der Waals surface area contributed by atoms with E-state index in [0.29, 0.717) is 28.8 Å². The van der Waals surface area contributed by atoms with E-state index in [1.54, 1.807) is 11.0 Å². The molecule has 0 aliphatic rings. The first-order chi connectivity index (χ1) is 15.4. The average Bonchev–Trinajstić information content (AvgIpc) is 3.44. The maximum atomic E-state index is 13.6. The van der Waals surface area contributed by atoms with Crippen LogP contribution in [0.1, 0.15) is 27.5 Å². The third-order valence-electron chi connectivity index (χ3n) is 5.39. The fraction of sp³-hybridized carbons (Fsp3) is 0.208. The molecule has 6 nitrogen and oxygen atoms in total. The molecule has 3 aromatic heterocycles. The maximum absolute atomic E-state index is 13.6. The Kier molecular flexibility index (Phi) is 5.23. The largest absolute Gasteiger partial charge is 0.451 e. The van der Waals surface area contributed by atoms with E-state index in [-0.39, 0.29) is 11.7 Å². The predicted octanol–water partition coefficient (Wildman–Crippen LogP) is 6.16. The molecule has 0 aliphatic heterocycles. The summed E-state index contributed by atoms with van der Waals surface area (Å²) in [6.45, 7) is 6.89. The molecule has 5 aromatic rings. The summed E-state index contributed by atoms with van der Waals surface area (Å²) in [4.78, 5) is 20.1. The zero-order valence-corrected chi connectivity index (χ0v) is 19.5. The van der Waals surface area contributed by atoms with Crippen LogP contribution in [-0.4, -0.2) is 27.2 Å². The van der Waals surface area contributed by atoms with Gasteiger partial charge in [0.15, 0.2) is 10.9 Å². The Morgan fingerprint density at radius 3 is 2.72 bits per heavy atom. The van der Waals surface area contributed by atoms with Gasteiger partial charge in [0.25, 0.3) is 5.91 Å². The monoisotopic (exact) mass is 464 g/mol. The zero-order valence-electron chi connectivity index (χ0n) is 17.9. The van der Waals surface area contributed by atoms with Crippen molar-refractivity contribution in [3.63, 3.8) is 0 Å². The van der Waals surface area contributed by atoms with Gasteiger partial charge in [-0.05, 0) is 56.7 Å². The lowest BCUT2D eigenvalue weighted by atomic mass is 10.2. The van der Waals surface area contributed by atoms with Gasteiger partial charge >= 0.3 is 0 Å². The van der Waals surface area contributed by atoms with E-state index in [1.165, 1.54) is 11.3 Å². The molecule has 2 aromatic carbocycles. The van der Waals surface area contributed by atoms with Gasteiger partial charge in [0.1, 0.15) is 5.58 Å². The number of hydrogen-bond donors (Lipinski definition) is 0. The molecule has 162 valence electrons. The van der Waals surface area contributed by atoms with Crippen LogP contribution in [0.4, 0.5) is 5.13 Å². The number of para-hydroxylation sites is 1. The van der Waals surface area contributed by atoms with E-state index >= 15 is 0 Å². The Hall–Kier alpha value is -3.16. The van der Waals surface area contributed by atoms with Crippen LogP contribution < -0.4 is 4.90 Å². The topological polar surface area (TPSA) is 64.2 Å². The first kappa shape index (κ1) is 20.7. The zero-order chi connectivity index (χ0) is 22.4. The Morgan fingerprint density at radius 2 is 1.97 bits per heavy atom. The van der Waals surface area contributed by atoms with Gasteiger partial charge in [-0.2, -0.15) is 5.10 Å². The Labute approximate surface area is 194 Å². The third-order valence-corrected chi connectivity index (χ3v) is 6.63. The van der Waals surface area contributed by atoms with Crippen molar-refractivity contribution < 1.29 is 9.21 Å². The summed E-state index contributed by atoms with van der Waals surface area (Å²) >= 11 is 7.70. The molecule has 0 bridgehead atoms. The second-order valence-corrected chi connectivity index (χ2v) is 9.27. The lowest BCUT2D eigenvalue weighted by Crippen LogP contribution is -2.34. The highest BCUT2D eigenvalue weighted by atomic mass is 35.5. The first-order valence-corrected chi connectivity index (χ1v) is 11.5. The number of fused-ring (bicyclic) bond motifs is 2. The summed E-state index contributed by atoms with van der Waals surface area (Å²) in [6.07, 6.45) is 0.